The van der Waals surface area contributed by atoms with Gasteiger partial charge in [0.1, 0.15) is 18.5 Å². The first-order chi connectivity index (χ1) is 10.6. The van der Waals surface area contributed by atoms with Crippen LogP contribution >= 0.6 is 12.4 Å². The second kappa shape index (κ2) is 10.3. The van der Waals surface area contributed by atoms with Gasteiger partial charge in [0.25, 0.3) is 0 Å². The molecule has 2 aromatic carbocycles. The summed E-state index contributed by atoms with van der Waals surface area (Å²) in [6.07, 6.45) is 0.425. The van der Waals surface area contributed by atoms with Gasteiger partial charge >= 0.3 is 0 Å². The number of ether oxygens (including phenoxy) is 1. The Labute approximate surface area is 145 Å². The van der Waals surface area contributed by atoms with Gasteiger partial charge in [0.05, 0.1) is 0 Å². The topological polar surface area (TPSA) is 41.5 Å². The summed E-state index contributed by atoms with van der Waals surface area (Å²) in [6.45, 7) is 4.96. The third kappa shape index (κ3) is 7.51. The predicted molar refractivity (Wildman–Crippen MR) is 97.6 cm³/mol. The van der Waals surface area contributed by atoms with E-state index in [4.69, 9.17) is 4.74 Å². The van der Waals surface area contributed by atoms with Crippen LogP contribution in [0.25, 0.3) is 0 Å². The number of hydrogen-bond acceptors (Lipinski definition) is 3. The van der Waals surface area contributed by atoms with Gasteiger partial charge in [0, 0.05) is 12.6 Å². The average Bonchev–Trinajstić information content (AvgIpc) is 2.53. The molecule has 0 aliphatic rings. The Morgan fingerprint density at radius 2 is 1.57 bits per heavy atom. The number of benzene rings is 2. The van der Waals surface area contributed by atoms with E-state index in [-0.39, 0.29) is 12.4 Å². The summed E-state index contributed by atoms with van der Waals surface area (Å²) in [5.41, 5.74) is 2.55. The molecule has 0 aliphatic heterocycles. The highest BCUT2D eigenvalue weighted by atomic mass is 35.5. The quantitative estimate of drug-likeness (QED) is 0.776. The van der Waals surface area contributed by atoms with Gasteiger partial charge in [-0.25, -0.2) is 0 Å². The maximum absolute atomic E-state index is 9.82. The van der Waals surface area contributed by atoms with Gasteiger partial charge < -0.3 is 15.2 Å². The first-order valence-electron chi connectivity index (χ1n) is 7.80. The van der Waals surface area contributed by atoms with Crippen LogP contribution < -0.4 is 10.1 Å². The van der Waals surface area contributed by atoms with Crippen molar-refractivity contribution < 1.29 is 9.84 Å². The highest BCUT2D eigenvalue weighted by molar-refractivity contribution is 5.85. The maximum atomic E-state index is 9.82. The largest absolute Gasteiger partial charge is 0.491 e. The van der Waals surface area contributed by atoms with Crippen LogP contribution in [0.3, 0.4) is 0 Å². The van der Waals surface area contributed by atoms with Crippen LogP contribution in [-0.4, -0.2) is 30.4 Å². The molecular formula is C19H26ClNO2. The molecule has 0 aromatic heterocycles. The summed E-state index contributed by atoms with van der Waals surface area (Å²) in [7, 11) is 0. The lowest BCUT2D eigenvalue weighted by atomic mass is 10.1. The van der Waals surface area contributed by atoms with Crippen molar-refractivity contribution in [2.45, 2.75) is 32.4 Å². The Hall–Kier alpha value is -1.55. The minimum Gasteiger partial charge on any atom is -0.491 e. The van der Waals surface area contributed by atoms with E-state index in [2.05, 4.69) is 55.6 Å². The van der Waals surface area contributed by atoms with E-state index in [1.165, 1.54) is 11.1 Å². The van der Waals surface area contributed by atoms with Crippen molar-refractivity contribution in [3.05, 3.63) is 65.7 Å². The molecular weight excluding hydrogens is 310 g/mol. The number of aliphatic hydroxyl groups excluding tert-OH is 1. The zero-order valence-corrected chi connectivity index (χ0v) is 14.6. The molecule has 0 bridgehead atoms. The van der Waals surface area contributed by atoms with Crippen molar-refractivity contribution in [2.75, 3.05) is 13.2 Å². The summed E-state index contributed by atoms with van der Waals surface area (Å²) in [5, 5.41) is 13.0. The number of rotatable bonds is 8. The number of nitrogens with one attached hydrogen (secondary N) is 1. The van der Waals surface area contributed by atoms with Crippen LogP contribution in [-0.2, 0) is 6.42 Å². The van der Waals surface area contributed by atoms with E-state index in [1.807, 2.05) is 18.2 Å². The van der Waals surface area contributed by atoms with Crippen molar-refractivity contribution >= 4 is 12.4 Å². The second-order valence-corrected chi connectivity index (χ2v) is 5.83. The molecule has 4 heteroatoms. The molecule has 0 heterocycles. The lowest BCUT2D eigenvalue weighted by Crippen LogP contribution is -2.35. The molecule has 1 unspecified atom stereocenters. The van der Waals surface area contributed by atoms with Crippen molar-refractivity contribution in [2.24, 2.45) is 0 Å². The third-order valence-corrected chi connectivity index (χ3v) is 3.38. The monoisotopic (exact) mass is 335 g/mol. The SMILES string of the molecule is CC(C)NCC(O)COc1ccc(Cc2ccccc2)cc1.Cl. The van der Waals surface area contributed by atoms with Crippen LogP contribution in [0.15, 0.2) is 54.6 Å². The van der Waals surface area contributed by atoms with Gasteiger partial charge in [-0.2, -0.15) is 0 Å². The van der Waals surface area contributed by atoms with E-state index in [9.17, 15) is 5.11 Å². The van der Waals surface area contributed by atoms with E-state index < -0.39 is 6.10 Å². The van der Waals surface area contributed by atoms with Gasteiger partial charge in [-0.1, -0.05) is 56.3 Å². The minimum absolute atomic E-state index is 0. The van der Waals surface area contributed by atoms with Crippen LogP contribution in [0, 0.1) is 0 Å². The summed E-state index contributed by atoms with van der Waals surface area (Å²) in [4.78, 5) is 0. The highest BCUT2D eigenvalue weighted by Crippen LogP contribution is 2.15. The van der Waals surface area contributed by atoms with E-state index in [0.717, 1.165) is 12.2 Å². The second-order valence-electron chi connectivity index (χ2n) is 5.83. The molecule has 0 spiro atoms. The number of hydrogen-bond donors (Lipinski definition) is 2. The fourth-order valence-corrected chi connectivity index (χ4v) is 2.16. The van der Waals surface area contributed by atoms with Gasteiger partial charge in [0.2, 0.25) is 0 Å². The molecule has 3 nitrogen and oxygen atoms in total. The first kappa shape index (κ1) is 19.5. The van der Waals surface area contributed by atoms with Crippen LogP contribution in [0.2, 0.25) is 0 Å². The van der Waals surface area contributed by atoms with Gasteiger partial charge in [0.15, 0.2) is 0 Å². The van der Waals surface area contributed by atoms with Crippen LogP contribution in [0.5, 0.6) is 5.75 Å². The zero-order chi connectivity index (χ0) is 15.8. The molecule has 0 amide bonds. The fourth-order valence-electron chi connectivity index (χ4n) is 2.16. The summed E-state index contributed by atoms with van der Waals surface area (Å²) in [5.74, 6) is 0.792. The van der Waals surface area contributed by atoms with Crippen LogP contribution in [0.4, 0.5) is 0 Å². The molecule has 1 atom stereocenters. The predicted octanol–water partition coefficient (Wildman–Crippen LogP) is 3.44. The Bertz CT molecular complexity index is 543. The molecule has 0 saturated heterocycles. The molecule has 126 valence electrons. The normalized spacial score (nSPS) is 11.8. The molecule has 0 radical (unpaired) electrons. The van der Waals surface area contributed by atoms with Gasteiger partial charge in [-0.3, -0.25) is 0 Å². The Morgan fingerprint density at radius 3 is 2.17 bits per heavy atom. The Morgan fingerprint density at radius 1 is 0.957 bits per heavy atom. The smallest absolute Gasteiger partial charge is 0.119 e. The summed E-state index contributed by atoms with van der Waals surface area (Å²) < 4.78 is 5.62. The maximum Gasteiger partial charge on any atom is 0.119 e. The molecule has 2 rings (SSSR count). The van der Waals surface area contributed by atoms with E-state index in [1.54, 1.807) is 0 Å². The molecule has 0 fully saturated rings. The van der Waals surface area contributed by atoms with E-state index >= 15 is 0 Å². The number of aliphatic hydroxyl groups is 1. The zero-order valence-electron chi connectivity index (χ0n) is 13.7. The molecule has 0 saturated carbocycles. The molecule has 2 N–H and O–H groups in total. The highest BCUT2D eigenvalue weighted by Gasteiger charge is 2.06. The average molecular weight is 336 g/mol. The molecule has 0 aliphatic carbocycles. The van der Waals surface area contributed by atoms with Crippen molar-refractivity contribution in [3.8, 4) is 5.75 Å². The minimum atomic E-state index is -0.494. The lowest BCUT2D eigenvalue weighted by Gasteiger charge is -2.15. The fraction of sp³-hybridized carbons (Fsp3) is 0.368. The van der Waals surface area contributed by atoms with E-state index in [0.29, 0.717) is 19.2 Å². The summed E-state index contributed by atoms with van der Waals surface area (Å²) >= 11 is 0. The lowest BCUT2D eigenvalue weighted by molar-refractivity contribution is 0.104. The van der Waals surface area contributed by atoms with Crippen molar-refractivity contribution in [3.63, 3.8) is 0 Å². The van der Waals surface area contributed by atoms with Gasteiger partial charge in [-0.05, 0) is 29.7 Å². The summed E-state index contributed by atoms with van der Waals surface area (Å²) in [6, 6.07) is 18.8. The van der Waals surface area contributed by atoms with Crippen molar-refractivity contribution in [1.29, 1.82) is 0 Å². The standard InChI is InChI=1S/C19H25NO2.ClH/c1-15(2)20-13-18(21)14-22-19-10-8-17(9-11-19)12-16-6-4-3-5-7-16;/h3-11,15,18,20-21H,12-14H2,1-2H3;1H. The molecule has 2 aromatic rings. The Balaban J connectivity index is 0.00000264. The van der Waals surface area contributed by atoms with Crippen LogP contribution in [0.1, 0.15) is 25.0 Å². The van der Waals surface area contributed by atoms with Gasteiger partial charge in [-0.15, -0.1) is 12.4 Å². The third-order valence-electron chi connectivity index (χ3n) is 3.38. The Kier molecular flexibility index (Phi) is 8.70. The number of halogens is 1. The molecule has 23 heavy (non-hydrogen) atoms. The first-order valence-corrected chi connectivity index (χ1v) is 7.80. The van der Waals surface area contributed by atoms with Crippen molar-refractivity contribution in [1.82, 2.24) is 5.32 Å².